The van der Waals surface area contributed by atoms with E-state index >= 15 is 0 Å². The van der Waals surface area contributed by atoms with E-state index < -0.39 is 11.4 Å². The van der Waals surface area contributed by atoms with Gasteiger partial charge in [0.15, 0.2) is 23.1 Å². The maximum Gasteiger partial charge on any atom is 0.175 e. The van der Waals surface area contributed by atoms with Gasteiger partial charge in [-0.15, -0.1) is 0 Å². The van der Waals surface area contributed by atoms with Crippen LogP contribution < -0.4 is 14.2 Å². The molecule has 0 aromatic heterocycles. The van der Waals surface area contributed by atoms with E-state index in [0.29, 0.717) is 5.75 Å². The van der Waals surface area contributed by atoms with Gasteiger partial charge in [-0.25, -0.2) is 4.39 Å². The van der Waals surface area contributed by atoms with Crippen molar-refractivity contribution in [3.05, 3.63) is 17.4 Å². The van der Waals surface area contributed by atoms with E-state index in [9.17, 15) is 9.50 Å². The summed E-state index contributed by atoms with van der Waals surface area (Å²) < 4.78 is 29.2. The van der Waals surface area contributed by atoms with Crippen molar-refractivity contribution in [1.29, 1.82) is 0 Å². The summed E-state index contributed by atoms with van der Waals surface area (Å²) in [5.74, 6) is -0.182. The fourth-order valence-corrected chi connectivity index (χ4v) is 1.64. The lowest BCUT2D eigenvalue weighted by molar-refractivity contribution is 0.0702. The fourth-order valence-electron chi connectivity index (χ4n) is 1.64. The Balaban J connectivity index is 3.62. The van der Waals surface area contributed by atoms with Crippen LogP contribution >= 0.6 is 0 Å². The summed E-state index contributed by atoms with van der Waals surface area (Å²) in [7, 11) is 4.17. The first-order chi connectivity index (χ1) is 7.86. The Hall–Kier alpha value is -1.49. The first-order valence-electron chi connectivity index (χ1n) is 5.08. The molecule has 0 aliphatic heterocycles. The molecule has 0 heterocycles. The van der Waals surface area contributed by atoms with E-state index in [1.165, 1.54) is 41.2 Å². The summed E-state index contributed by atoms with van der Waals surface area (Å²) in [6, 6.07) is 1.38. The number of ether oxygens (including phenoxy) is 3. The van der Waals surface area contributed by atoms with Gasteiger partial charge < -0.3 is 19.3 Å². The third-order valence-corrected chi connectivity index (χ3v) is 2.40. The molecule has 17 heavy (non-hydrogen) atoms. The molecule has 0 atom stereocenters. The van der Waals surface area contributed by atoms with Gasteiger partial charge in [-0.3, -0.25) is 0 Å². The molecule has 1 aromatic rings. The average Bonchev–Trinajstić information content (AvgIpc) is 2.26. The molecule has 0 unspecified atom stereocenters. The second kappa shape index (κ2) is 4.79. The maximum atomic E-state index is 14.1. The molecule has 0 aliphatic carbocycles. The molecule has 1 N–H and O–H groups in total. The van der Waals surface area contributed by atoms with Gasteiger partial charge in [-0.05, 0) is 13.8 Å². The van der Waals surface area contributed by atoms with E-state index in [-0.39, 0.29) is 17.1 Å². The van der Waals surface area contributed by atoms with Gasteiger partial charge in [-0.2, -0.15) is 0 Å². The zero-order valence-electron chi connectivity index (χ0n) is 10.6. The number of hydrogen-bond donors (Lipinski definition) is 1. The molecule has 0 bridgehead atoms. The molecule has 4 nitrogen and oxygen atoms in total. The molecule has 0 radical (unpaired) electrons. The van der Waals surface area contributed by atoms with Crippen LogP contribution in [0, 0.1) is 5.82 Å². The Morgan fingerprint density at radius 2 is 1.59 bits per heavy atom. The highest BCUT2D eigenvalue weighted by Gasteiger charge is 2.30. The van der Waals surface area contributed by atoms with Gasteiger partial charge in [0.1, 0.15) is 0 Å². The zero-order valence-corrected chi connectivity index (χ0v) is 10.6. The second-order valence-corrected chi connectivity index (χ2v) is 4.06. The van der Waals surface area contributed by atoms with Crippen LogP contribution in [0.1, 0.15) is 19.4 Å². The summed E-state index contributed by atoms with van der Waals surface area (Å²) in [6.07, 6.45) is 0. The lowest BCUT2D eigenvalue weighted by Gasteiger charge is -2.24. The molecule has 0 saturated carbocycles. The molecule has 1 rings (SSSR count). The van der Waals surface area contributed by atoms with Crippen molar-refractivity contribution in [3.8, 4) is 17.2 Å². The summed E-state index contributed by atoms with van der Waals surface area (Å²) >= 11 is 0. The minimum Gasteiger partial charge on any atom is -0.494 e. The van der Waals surface area contributed by atoms with Crippen molar-refractivity contribution >= 4 is 0 Å². The van der Waals surface area contributed by atoms with Gasteiger partial charge >= 0.3 is 0 Å². The number of aliphatic hydroxyl groups is 1. The lowest BCUT2D eigenvalue weighted by Crippen LogP contribution is -2.20. The van der Waals surface area contributed by atoms with Gasteiger partial charge in [0.05, 0.1) is 32.5 Å². The van der Waals surface area contributed by atoms with Crippen LogP contribution in [0.15, 0.2) is 6.07 Å². The highest BCUT2D eigenvalue weighted by Crippen LogP contribution is 2.43. The SMILES string of the molecule is COc1cc(OC)c(OC)c(C(C)(C)O)c1F. The van der Waals surface area contributed by atoms with E-state index in [2.05, 4.69) is 0 Å². The summed E-state index contributed by atoms with van der Waals surface area (Å²) in [5.41, 5.74) is -1.40. The molecule has 0 aliphatic rings. The van der Waals surface area contributed by atoms with Crippen LogP contribution in [0.25, 0.3) is 0 Å². The van der Waals surface area contributed by atoms with E-state index in [4.69, 9.17) is 14.2 Å². The monoisotopic (exact) mass is 244 g/mol. The number of hydrogen-bond acceptors (Lipinski definition) is 4. The van der Waals surface area contributed by atoms with Crippen LogP contribution in [0.3, 0.4) is 0 Å². The van der Waals surface area contributed by atoms with Gasteiger partial charge in [0.2, 0.25) is 0 Å². The summed E-state index contributed by atoms with van der Waals surface area (Å²) in [4.78, 5) is 0. The van der Waals surface area contributed by atoms with E-state index in [1.807, 2.05) is 0 Å². The van der Waals surface area contributed by atoms with E-state index in [1.54, 1.807) is 0 Å². The van der Waals surface area contributed by atoms with Crippen LogP contribution in [0.2, 0.25) is 0 Å². The number of halogens is 1. The van der Waals surface area contributed by atoms with Gasteiger partial charge in [0.25, 0.3) is 0 Å². The van der Waals surface area contributed by atoms with Crippen LogP contribution in [-0.2, 0) is 5.60 Å². The maximum absolute atomic E-state index is 14.1. The highest BCUT2D eigenvalue weighted by atomic mass is 19.1. The third-order valence-electron chi connectivity index (χ3n) is 2.40. The molecule has 0 spiro atoms. The molecule has 5 heteroatoms. The Morgan fingerprint density at radius 1 is 1.06 bits per heavy atom. The predicted molar refractivity (Wildman–Crippen MR) is 61.3 cm³/mol. The van der Waals surface area contributed by atoms with E-state index in [0.717, 1.165) is 0 Å². The minimum atomic E-state index is -1.41. The first-order valence-corrected chi connectivity index (χ1v) is 5.08. The molecule has 1 aromatic carbocycles. The van der Waals surface area contributed by atoms with Crippen molar-refractivity contribution in [2.75, 3.05) is 21.3 Å². The minimum absolute atomic E-state index is 0.000208. The van der Waals surface area contributed by atoms with Crippen molar-refractivity contribution in [3.63, 3.8) is 0 Å². The lowest BCUT2D eigenvalue weighted by atomic mass is 9.95. The summed E-state index contributed by atoms with van der Waals surface area (Å²) in [6.45, 7) is 2.93. The number of benzene rings is 1. The molecular weight excluding hydrogens is 227 g/mol. The third kappa shape index (κ3) is 2.44. The first kappa shape index (κ1) is 13.6. The molecule has 0 saturated heterocycles. The normalized spacial score (nSPS) is 11.2. The largest absolute Gasteiger partial charge is 0.494 e. The molecule has 96 valence electrons. The Labute approximate surface area is 99.9 Å². The highest BCUT2D eigenvalue weighted by molar-refractivity contribution is 5.54. The summed E-state index contributed by atoms with van der Waals surface area (Å²) in [5, 5.41) is 9.99. The van der Waals surface area contributed by atoms with Crippen molar-refractivity contribution < 1.29 is 23.7 Å². The smallest absolute Gasteiger partial charge is 0.175 e. The standard InChI is InChI=1S/C12H17FO4/c1-12(2,14)9-10(13)7(15-3)6-8(16-4)11(9)17-5/h6,14H,1-5H3. The molecule has 0 fully saturated rings. The van der Waals surface area contributed by atoms with Crippen molar-refractivity contribution in [2.45, 2.75) is 19.4 Å². The van der Waals surface area contributed by atoms with Crippen LogP contribution in [0.5, 0.6) is 17.2 Å². The Morgan fingerprint density at radius 3 is 1.94 bits per heavy atom. The van der Waals surface area contributed by atoms with Gasteiger partial charge in [0, 0.05) is 6.07 Å². The Bertz CT molecular complexity index is 410. The number of methoxy groups -OCH3 is 3. The quantitative estimate of drug-likeness (QED) is 0.881. The topological polar surface area (TPSA) is 47.9 Å². The Kier molecular flexibility index (Phi) is 3.83. The average molecular weight is 244 g/mol. The van der Waals surface area contributed by atoms with Crippen LogP contribution in [0.4, 0.5) is 4.39 Å². The van der Waals surface area contributed by atoms with Crippen LogP contribution in [-0.4, -0.2) is 26.4 Å². The fraction of sp³-hybridized carbons (Fsp3) is 0.500. The number of rotatable bonds is 4. The zero-order chi connectivity index (χ0) is 13.2. The van der Waals surface area contributed by atoms with Crippen molar-refractivity contribution in [1.82, 2.24) is 0 Å². The molecular formula is C12H17FO4. The second-order valence-electron chi connectivity index (χ2n) is 4.06. The van der Waals surface area contributed by atoms with Crippen molar-refractivity contribution in [2.24, 2.45) is 0 Å². The predicted octanol–water partition coefficient (Wildman–Crippen LogP) is 2.08. The van der Waals surface area contributed by atoms with Gasteiger partial charge in [-0.1, -0.05) is 0 Å². The molecule has 0 amide bonds.